The van der Waals surface area contributed by atoms with Crippen LogP contribution in [0.2, 0.25) is 0 Å². The quantitative estimate of drug-likeness (QED) is 0.631. The normalized spacial score (nSPS) is 40.6. The van der Waals surface area contributed by atoms with E-state index in [-0.39, 0.29) is 0 Å². The van der Waals surface area contributed by atoms with E-state index in [9.17, 15) is 0 Å². The van der Waals surface area contributed by atoms with Gasteiger partial charge >= 0.3 is 0 Å². The Labute approximate surface area is 88.0 Å². The molecule has 2 aliphatic rings. The van der Waals surface area contributed by atoms with Crippen molar-refractivity contribution in [3.63, 3.8) is 0 Å². The van der Waals surface area contributed by atoms with Crippen LogP contribution in [0.15, 0.2) is 11.6 Å². The molecular formula is C13H23N. The summed E-state index contributed by atoms with van der Waals surface area (Å²) in [5.41, 5.74) is 2.50. The Bertz CT molecular complexity index is 264. The minimum atomic E-state index is 0.400. The van der Waals surface area contributed by atoms with Gasteiger partial charge in [-0.15, -0.1) is 0 Å². The second-order valence-corrected chi connectivity index (χ2v) is 6.19. The van der Waals surface area contributed by atoms with Gasteiger partial charge in [-0.25, -0.2) is 0 Å². The molecular weight excluding hydrogens is 170 g/mol. The van der Waals surface area contributed by atoms with E-state index in [1.165, 1.54) is 25.7 Å². The van der Waals surface area contributed by atoms with Crippen LogP contribution in [0.1, 0.15) is 46.5 Å². The number of hydrogen-bond donors (Lipinski definition) is 1. The van der Waals surface area contributed by atoms with E-state index in [0.717, 1.165) is 5.92 Å². The van der Waals surface area contributed by atoms with Crippen LogP contribution >= 0.6 is 0 Å². The molecule has 14 heavy (non-hydrogen) atoms. The van der Waals surface area contributed by atoms with Crippen molar-refractivity contribution >= 4 is 0 Å². The van der Waals surface area contributed by atoms with Crippen LogP contribution in [-0.2, 0) is 0 Å². The fourth-order valence-corrected chi connectivity index (χ4v) is 3.76. The van der Waals surface area contributed by atoms with Crippen molar-refractivity contribution in [3.8, 4) is 0 Å². The van der Waals surface area contributed by atoms with Crippen LogP contribution in [0.25, 0.3) is 0 Å². The Morgan fingerprint density at radius 2 is 2.14 bits per heavy atom. The molecule has 2 atom stereocenters. The van der Waals surface area contributed by atoms with Crippen molar-refractivity contribution < 1.29 is 0 Å². The van der Waals surface area contributed by atoms with Crippen LogP contribution in [-0.4, -0.2) is 12.6 Å². The van der Waals surface area contributed by atoms with Gasteiger partial charge in [0.2, 0.25) is 0 Å². The van der Waals surface area contributed by atoms with Crippen molar-refractivity contribution in [1.82, 2.24) is 5.32 Å². The van der Waals surface area contributed by atoms with E-state index in [1.54, 1.807) is 5.57 Å². The molecule has 0 heterocycles. The van der Waals surface area contributed by atoms with E-state index in [1.807, 2.05) is 0 Å². The predicted octanol–water partition coefficient (Wildman–Crippen LogP) is 3.12. The molecule has 0 radical (unpaired) electrons. The average Bonchev–Trinajstić information content (AvgIpc) is 1.99. The Hall–Kier alpha value is -0.300. The Kier molecular flexibility index (Phi) is 2.26. The maximum atomic E-state index is 3.59. The van der Waals surface area contributed by atoms with Crippen LogP contribution in [0.5, 0.6) is 0 Å². The lowest BCUT2D eigenvalue weighted by Crippen LogP contribution is -2.51. The number of rotatable bonds is 1. The molecule has 1 fully saturated rings. The SMILES string of the molecule is CNC12CC(=CC(C)(C)C1)CC(C)C2. The highest BCUT2D eigenvalue weighted by Crippen LogP contribution is 2.48. The third kappa shape index (κ3) is 1.75. The second kappa shape index (κ2) is 3.10. The van der Waals surface area contributed by atoms with E-state index >= 15 is 0 Å². The summed E-state index contributed by atoms with van der Waals surface area (Å²) in [6, 6.07) is 0. The zero-order chi connectivity index (χ0) is 10.4. The summed E-state index contributed by atoms with van der Waals surface area (Å²) in [6.45, 7) is 7.12. The van der Waals surface area contributed by atoms with Gasteiger partial charge in [0.25, 0.3) is 0 Å². The van der Waals surface area contributed by atoms with Crippen LogP contribution in [0.4, 0.5) is 0 Å². The van der Waals surface area contributed by atoms with Crippen LogP contribution in [0.3, 0.4) is 0 Å². The summed E-state index contributed by atoms with van der Waals surface area (Å²) >= 11 is 0. The molecule has 0 aromatic rings. The van der Waals surface area contributed by atoms with Crippen molar-refractivity contribution in [2.75, 3.05) is 7.05 Å². The summed E-state index contributed by atoms with van der Waals surface area (Å²) in [6.07, 6.45) is 7.79. The lowest BCUT2D eigenvalue weighted by molar-refractivity contribution is 0.155. The minimum absolute atomic E-state index is 0.400. The first-order chi connectivity index (χ1) is 6.45. The third-order valence-corrected chi connectivity index (χ3v) is 3.83. The first kappa shape index (κ1) is 10.2. The third-order valence-electron chi connectivity index (χ3n) is 3.83. The zero-order valence-corrected chi connectivity index (χ0v) is 9.98. The lowest BCUT2D eigenvalue weighted by Gasteiger charge is -2.49. The highest BCUT2D eigenvalue weighted by atomic mass is 14.9. The topological polar surface area (TPSA) is 12.0 Å². The summed E-state index contributed by atoms with van der Waals surface area (Å²) < 4.78 is 0. The van der Waals surface area contributed by atoms with Crippen LogP contribution in [0, 0.1) is 11.3 Å². The lowest BCUT2D eigenvalue weighted by atomic mass is 9.62. The van der Waals surface area contributed by atoms with Gasteiger partial charge in [0, 0.05) is 5.54 Å². The van der Waals surface area contributed by atoms with E-state index in [4.69, 9.17) is 0 Å². The molecule has 2 rings (SSSR count). The fraction of sp³-hybridized carbons (Fsp3) is 0.846. The largest absolute Gasteiger partial charge is 0.314 e. The monoisotopic (exact) mass is 193 g/mol. The van der Waals surface area contributed by atoms with Crippen LogP contribution < -0.4 is 5.32 Å². The van der Waals surface area contributed by atoms with Crippen molar-refractivity contribution in [2.24, 2.45) is 11.3 Å². The Morgan fingerprint density at radius 3 is 2.79 bits per heavy atom. The van der Waals surface area contributed by atoms with Gasteiger partial charge in [0.15, 0.2) is 0 Å². The predicted molar refractivity (Wildman–Crippen MR) is 61.3 cm³/mol. The number of hydrogen-bond acceptors (Lipinski definition) is 1. The average molecular weight is 193 g/mol. The molecule has 1 nitrogen and oxygen atoms in total. The highest BCUT2D eigenvalue weighted by molar-refractivity contribution is 5.22. The fourth-order valence-electron chi connectivity index (χ4n) is 3.76. The van der Waals surface area contributed by atoms with E-state index in [2.05, 4.69) is 39.2 Å². The standard InChI is InChI=1S/C13H23N/c1-10-5-11-7-12(2,3)9-13(6-10,8-11)14-4/h7,10,14H,5-6,8-9H2,1-4H3. The van der Waals surface area contributed by atoms with Crippen molar-refractivity contribution in [3.05, 3.63) is 11.6 Å². The van der Waals surface area contributed by atoms with Gasteiger partial charge < -0.3 is 5.32 Å². The summed E-state index contributed by atoms with van der Waals surface area (Å²) in [5.74, 6) is 0.860. The molecule has 0 spiro atoms. The molecule has 0 aliphatic heterocycles. The van der Waals surface area contributed by atoms with Crippen molar-refractivity contribution in [1.29, 1.82) is 0 Å². The van der Waals surface area contributed by atoms with Crippen molar-refractivity contribution in [2.45, 2.75) is 52.0 Å². The smallest absolute Gasteiger partial charge is 0.0226 e. The van der Waals surface area contributed by atoms with Gasteiger partial charge in [0.1, 0.15) is 0 Å². The Balaban J connectivity index is 2.32. The second-order valence-electron chi connectivity index (χ2n) is 6.19. The number of nitrogens with one attached hydrogen (secondary N) is 1. The molecule has 0 aromatic carbocycles. The first-order valence-electron chi connectivity index (χ1n) is 5.84. The molecule has 0 saturated heterocycles. The maximum Gasteiger partial charge on any atom is 0.0226 e. The molecule has 0 amide bonds. The number of allylic oxidation sites excluding steroid dienone is 1. The molecule has 2 bridgehead atoms. The number of fused-ring (bicyclic) bond motifs is 2. The highest BCUT2D eigenvalue weighted by Gasteiger charge is 2.42. The van der Waals surface area contributed by atoms with Gasteiger partial charge in [-0.3, -0.25) is 0 Å². The van der Waals surface area contributed by atoms with Gasteiger partial charge in [-0.05, 0) is 44.1 Å². The Morgan fingerprint density at radius 1 is 1.43 bits per heavy atom. The summed E-state index contributed by atoms with van der Waals surface area (Å²) in [7, 11) is 2.14. The zero-order valence-electron chi connectivity index (χ0n) is 9.98. The molecule has 0 aromatic heterocycles. The minimum Gasteiger partial charge on any atom is -0.314 e. The summed E-state index contributed by atoms with van der Waals surface area (Å²) in [4.78, 5) is 0. The molecule has 80 valence electrons. The van der Waals surface area contributed by atoms with E-state index in [0.29, 0.717) is 11.0 Å². The van der Waals surface area contributed by atoms with Gasteiger partial charge in [-0.2, -0.15) is 0 Å². The van der Waals surface area contributed by atoms with Gasteiger partial charge in [0.05, 0.1) is 0 Å². The molecule has 2 unspecified atom stereocenters. The molecule has 1 N–H and O–H groups in total. The molecule has 1 heteroatoms. The summed E-state index contributed by atoms with van der Waals surface area (Å²) in [5, 5.41) is 3.59. The maximum absolute atomic E-state index is 3.59. The molecule has 1 saturated carbocycles. The first-order valence-corrected chi connectivity index (χ1v) is 5.84. The van der Waals surface area contributed by atoms with Gasteiger partial charge in [-0.1, -0.05) is 32.4 Å². The molecule has 2 aliphatic carbocycles. The van der Waals surface area contributed by atoms with E-state index < -0.39 is 0 Å².